The van der Waals surface area contributed by atoms with Gasteiger partial charge in [0.15, 0.2) is 11.6 Å². The molecule has 1 aromatic rings. The molecule has 2 aliphatic heterocycles. The summed E-state index contributed by atoms with van der Waals surface area (Å²) < 4.78 is 11.4. The van der Waals surface area contributed by atoms with Crippen LogP contribution in [0.5, 0.6) is 0 Å². The van der Waals surface area contributed by atoms with E-state index in [0.29, 0.717) is 59.5 Å². The van der Waals surface area contributed by atoms with E-state index in [2.05, 4.69) is 12.1 Å². The smallest absolute Gasteiger partial charge is 0.205 e. The molecule has 0 fully saturated rings. The minimum absolute atomic E-state index is 0.0100. The molecule has 0 saturated heterocycles. The van der Waals surface area contributed by atoms with Gasteiger partial charge in [0.05, 0.1) is 11.8 Å². The molecule has 0 bridgehead atoms. The fraction of sp³-hybridized carbons (Fsp3) is 0.357. The van der Waals surface area contributed by atoms with Crippen LogP contribution in [0.1, 0.15) is 62.5 Å². The van der Waals surface area contributed by atoms with Crippen LogP contribution in [0.25, 0.3) is 0 Å². The molecule has 0 aromatic heterocycles. The van der Waals surface area contributed by atoms with Crippen molar-refractivity contribution >= 4 is 11.6 Å². The van der Waals surface area contributed by atoms with Crippen molar-refractivity contribution in [1.82, 2.24) is 0 Å². The predicted molar refractivity (Wildman–Crippen MR) is 129 cm³/mol. The predicted octanol–water partition coefficient (Wildman–Crippen LogP) is 3.81. The molecule has 4 N–H and O–H groups in total. The number of carbonyl (C=O) groups excluding carboxylic acids is 2. The zero-order valence-electron chi connectivity index (χ0n) is 20.1. The SMILES string of the molecule is CC1CC(=O)C2=C(C1)OC(N)=C(C#N)C2c1ccc(C2C(C#N)=C(N)OC3=C2C(=O)CC(C)C3)cc1. The van der Waals surface area contributed by atoms with Gasteiger partial charge in [-0.1, -0.05) is 38.1 Å². The summed E-state index contributed by atoms with van der Waals surface area (Å²) in [5, 5.41) is 19.7. The molecular weight excluding hydrogens is 456 g/mol. The van der Waals surface area contributed by atoms with Gasteiger partial charge in [-0.3, -0.25) is 9.59 Å². The Bertz CT molecular complexity index is 1290. The summed E-state index contributed by atoms with van der Waals surface area (Å²) in [5.41, 5.74) is 14.9. The second-order valence-electron chi connectivity index (χ2n) is 10.1. The highest BCUT2D eigenvalue weighted by molar-refractivity contribution is 6.00. The molecule has 0 radical (unpaired) electrons. The van der Waals surface area contributed by atoms with Crippen LogP contribution < -0.4 is 11.5 Å². The van der Waals surface area contributed by atoms with Crippen molar-refractivity contribution in [3.05, 3.63) is 81.0 Å². The summed E-state index contributed by atoms with van der Waals surface area (Å²) in [7, 11) is 0. The third kappa shape index (κ3) is 3.67. The van der Waals surface area contributed by atoms with Crippen LogP contribution in [0.15, 0.2) is 69.8 Å². The summed E-state index contributed by atoms with van der Waals surface area (Å²) in [6.07, 6.45) is 1.91. The monoisotopic (exact) mass is 482 g/mol. The number of nitrogens with two attached hydrogens (primary N) is 2. The summed E-state index contributed by atoms with van der Waals surface area (Å²) >= 11 is 0. The number of nitriles is 2. The van der Waals surface area contributed by atoms with Gasteiger partial charge in [-0.2, -0.15) is 10.5 Å². The van der Waals surface area contributed by atoms with E-state index in [9.17, 15) is 20.1 Å². The van der Waals surface area contributed by atoms with Crippen molar-refractivity contribution in [2.75, 3.05) is 0 Å². The first-order chi connectivity index (χ1) is 17.2. The molecule has 182 valence electrons. The molecule has 0 spiro atoms. The van der Waals surface area contributed by atoms with Crippen molar-refractivity contribution in [2.24, 2.45) is 23.3 Å². The fourth-order valence-corrected chi connectivity index (χ4v) is 5.73. The lowest BCUT2D eigenvalue weighted by Gasteiger charge is -2.34. The number of carbonyl (C=O) groups is 2. The van der Waals surface area contributed by atoms with E-state index in [-0.39, 0.29) is 46.3 Å². The van der Waals surface area contributed by atoms with Gasteiger partial charge in [0.25, 0.3) is 0 Å². The summed E-state index contributed by atoms with van der Waals surface area (Å²) in [5.74, 6) is -0.0554. The Hall–Kier alpha value is -4.30. The molecule has 8 heteroatoms. The molecule has 0 saturated carbocycles. The number of hydrogen-bond donors (Lipinski definition) is 2. The lowest BCUT2D eigenvalue weighted by Crippen LogP contribution is -2.30. The Labute approximate surface area is 209 Å². The summed E-state index contributed by atoms with van der Waals surface area (Å²) in [6.45, 7) is 3.95. The molecule has 4 unspecified atom stereocenters. The van der Waals surface area contributed by atoms with Gasteiger partial charge in [-0.05, 0) is 23.0 Å². The van der Waals surface area contributed by atoms with Crippen molar-refractivity contribution < 1.29 is 19.1 Å². The fourth-order valence-electron chi connectivity index (χ4n) is 5.73. The third-order valence-electron chi connectivity index (χ3n) is 7.33. The number of nitrogens with zero attached hydrogens (tertiary/aromatic N) is 2. The van der Waals surface area contributed by atoms with Crippen LogP contribution in [0.3, 0.4) is 0 Å². The number of allylic oxidation sites excluding steroid dienone is 6. The molecule has 4 atom stereocenters. The standard InChI is InChI=1S/C28H26N4O4/c1-13-7-19(33)25-21(9-13)35-27(31)17(11-29)23(25)15-3-5-16(6-4-15)24-18(12-30)28(32)36-22-10-14(2)8-20(34)26(22)24/h3-6,13-14,23-24H,7-10,31-32H2,1-2H3. The van der Waals surface area contributed by atoms with Crippen molar-refractivity contribution in [3.63, 3.8) is 0 Å². The van der Waals surface area contributed by atoms with Crippen molar-refractivity contribution in [3.8, 4) is 12.1 Å². The number of hydrogen-bond acceptors (Lipinski definition) is 8. The Morgan fingerprint density at radius 3 is 1.42 bits per heavy atom. The Balaban J connectivity index is 1.59. The van der Waals surface area contributed by atoms with Crippen molar-refractivity contribution in [2.45, 2.75) is 51.4 Å². The highest BCUT2D eigenvalue weighted by Gasteiger charge is 2.41. The minimum Gasteiger partial charge on any atom is -0.444 e. The topological polar surface area (TPSA) is 152 Å². The molecule has 36 heavy (non-hydrogen) atoms. The quantitative estimate of drug-likeness (QED) is 0.645. The van der Waals surface area contributed by atoms with Crippen LogP contribution in [0.4, 0.5) is 0 Å². The van der Waals surface area contributed by atoms with Crippen LogP contribution in [-0.2, 0) is 19.1 Å². The lowest BCUT2D eigenvalue weighted by molar-refractivity contribution is -0.118. The number of rotatable bonds is 2. The second kappa shape index (κ2) is 8.73. The normalized spacial score (nSPS) is 28.1. The largest absolute Gasteiger partial charge is 0.444 e. The highest BCUT2D eigenvalue weighted by Crippen LogP contribution is 2.47. The highest BCUT2D eigenvalue weighted by atomic mass is 16.5. The number of Topliss-reactive ketones (excluding diaryl/α,β-unsaturated/α-hetero) is 2. The van der Waals surface area contributed by atoms with Gasteiger partial charge >= 0.3 is 0 Å². The Morgan fingerprint density at radius 1 is 0.722 bits per heavy atom. The average molecular weight is 483 g/mol. The van der Waals surface area contributed by atoms with E-state index in [1.54, 1.807) is 0 Å². The van der Waals surface area contributed by atoms with E-state index in [4.69, 9.17) is 20.9 Å². The lowest BCUT2D eigenvalue weighted by atomic mass is 9.73. The van der Waals surface area contributed by atoms with Crippen LogP contribution >= 0.6 is 0 Å². The molecule has 2 aliphatic carbocycles. The van der Waals surface area contributed by atoms with E-state index >= 15 is 0 Å². The van der Waals surface area contributed by atoms with Gasteiger partial charge in [0.2, 0.25) is 11.8 Å². The first-order valence-electron chi connectivity index (χ1n) is 12.0. The maximum atomic E-state index is 13.0. The Morgan fingerprint density at radius 2 is 1.08 bits per heavy atom. The van der Waals surface area contributed by atoms with E-state index in [1.807, 2.05) is 38.1 Å². The molecule has 0 amide bonds. The second-order valence-corrected chi connectivity index (χ2v) is 10.1. The summed E-state index contributed by atoms with van der Waals surface area (Å²) in [6, 6.07) is 11.5. The molecule has 8 nitrogen and oxygen atoms in total. The maximum absolute atomic E-state index is 13.0. The van der Waals surface area contributed by atoms with Gasteiger partial charge in [0.1, 0.15) is 34.8 Å². The molecule has 4 aliphatic rings. The van der Waals surface area contributed by atoms with Gasteiger partial charge < -0.3 is 20.9 Å². The van der Waals surface area contributed by atoms with E-state index in [0.717, 1.165) is 0 Å². The van der Waals surface area contributed by atoms with Crippen LogP contribution in [-0.4, -0.2) is 11.6 Å². The number of ether oxygens (including phenoxy) is 2. The first kappa shape index (κ1) is 23.4. The van der Waals surface area contributed by atoms with Crippen LogP contribution in [0.2, 0.25) is 0 Å². The Kier molecular flexibility index (Phi) is 5.68. The maximum Gasteiger partial charge on any atom is 0.205 e. The number of benzene rings is 1. The molecule has 2 heterocycles. The van der Waals surface area contributed by atoms with E-state index < -0.39 is 11.8 Å². The average Bonchev–Trinajstić information content (AvgIpc) is 2.82. The van der Waals surface area contributed by atoms with Gasteiger partial charge in [0, 0.05) is 36.8 Å². The van der Waals surface area contributed by atoms with Crippen LogP contribution in [0, 0.1) is 34.5 Å². The van der Waals surface area contributed by atoms with E-state index in [1.165, 1.54) is 0 Å². The van der Waals surface area contributed by atoms with Gasteiger partial charge in [-0.15, -0.1) is 0 Å². The third-order valence-corrected chi connectivity index (χ3v) is 7.33. The zero-order chi connectivity index (χ0) is 25.7. The summed E-state index contributed by atoms with van der Waals surface area (Å²) in [4.78, 5) is 26.0. The van der Waals surface area contributed by atoms with Gasteiger partial charge in [-0.25, -0.2) is 0 Å². The molecule has 5 rings (SSSR count). The molecular formula is C28H26N4O4. The zero-order valence-corrected chi connectivity index (χ0v) is 20.1. The molecule has 1 aromatic carbocycles. The van der Waals surface area contributed by atoms with Crippen molar-refractivity contribution in [1.29, 1.82) is 10.5 Å². The first-order valence-corrected chi connectivity index (χ1v) is 12.0. The number of ketones is 2. The minimum atomic E-state index is -0.634.